The van der Waals surface area contributed by atoms with Crippen LogP contribution in [0.5, 0.6) is 0 Å². The summed E-state index contributed by atoms with van der Waals surface area (Å²) in [5.74, 6) is -0.232. The van der Waals surface area contributed by atoms with Crippen molar-refractivity contribution >= 4 is 23.4 Å². The van der Waals surface area contributed by atoms with Crippen LogP contribution in [0.25, 0.3) is 5.57 Å². The molecule has 4 N–H and O–H groups in total. The Kier molecular flexibility index (Phi) is 6.60. The molecule has 31 heavy (non-hydrogen) atoms. The lowest BCUT2D eigenvalue weighted by molar-refractivity contribution is 0.0958. The Morgan fingerprint density at radius 2 is 1.97 bits per heavy atom. The third kappa shape index (κ3) is 3.86. The van der Waals surface area contributed by atoms with Gasteiger partial charge < -0.3 is 16.5 Å². The largest absolute Gasteiger partial charge is 0.398 e. The lowest BCUT2D eigenvalue weighted by Gasteiger charge is -2.38. The van der Waals surface area contributed by atoms with Gasteiger partial charge in [-0.15, -0.1) is 0 Å². The van der Waals surface area contributed by atoms with Crippen LogP contribution in [0.15, 0.2) is 42.0 Å². The summed E-state index contributed by atoms with van der Waals surface area (Å²) >= 11 is 0. The van der Waals surface area contributed by atoms with Crippen molar-refractivity contribution in [2.45, 2.75) is 51.9 Å². The Balaban J connectivity index is 0.00000133. The normalized spacial score (nSPS) is 18.8. The maximum absolute atomic E-state index is 12.1. The number of benzene rings is 2. The summed E-state index contributed by atoms with van der Waals surface area (Å²) in [4.78, 5) is 12.1. The molecule has 0 fully saturated rings. The summed E-state index contributed by atoms with van der Waals surface area (Å²) < 4.78 is 0. The minimum atomic E-state index is -0.232. The molecule has 1 atom stereocenters. The summed E-state index contributed by atoms with van der Waals surface area (Å²) in [5.41, 5.74) is 14.4. The number of anilines is 1. The van der Waals surface area contributed by atoms with E-state index in [-0.39, 0.29) is 20.7 Å². The number of nitriles is 1. The first-order chi connectivity index (χ1) is 15.0. The molecule has 5 heteroatoms. The smallest absolute Gasteiger partial charge is 0.252 e. The number of rotatable bonds is 4. The number of nitrogen functional groups attached to an aromatic ring is 1. The standard InChI is InChI=1S/C24H24N4O.C2H6.2H2/c1-24(17-8-5-15(6-9-17)23(29)28-12-11-25)13-16-7-10-21(27)19(14-26)22(16)18-3-2-4-20(18)24;1-2;;/h5-10,14,26H,2-4,12-13,27H2,1H3,(H,28,29);1-2H3;2*1H. The number of nitrogens with one attached hydrogen (secondary N) is 2. The second kappa shape index (κ2) is 9.18. The molecule has 2 aliphatic carbocycles. The first-order valence-corrected chi connectivity index (χ1v) is 10.9. The molecule has 4 rings (SSSR count). The van der Waals surface area contributed by atoms with Crippen LogP contribution in [0.1, 0.15) is 75.5 Å². The Bertz CT molecular complexity index is 1090. The van der Waals surface area contributed by atoms with Crippen LogP contribution in [0.3, 0.4) is 0 Å². The zero-order chi connectivity index (χ0) is 22.6. The molecule has 0 aromatic heterocycles. The van der Waals surface area contributed by atoms with Gasteiger partial charge in [0.05, 0.1) is 6.07 Å². The fraction of sp³-hybridized carbons (Fsp3) is 0.346. The quantitative estimate of drug-likeness (QED) is 0.347. The van der Waals surface area contributed by atoms with E-state index in [1.54, 1.807) is 0 Å². The van der Waals surface area contributed by atoms with Gasteiger partial charge in [0.2, 0.25) is 0 Å². The Labute approximate surface area is 187 Å². The van der Waals surface area contributed by atoms with Gasteiger partial charge in [-0.3, -0.25) is 4.79 Å². The zero-order valence-corrected chi connectivity index (χ0v) is 18.5. The highest BCUT2D eigenvalue weighted by Gasteiger charge is 2.40. The van der Waals surface area contributed by atoms with Crippen molar-refractivity contribution in [1.82, 2.24) is 5.32 Å². The zero-order valence-electron chi connectivity index (χ0n) is 18.5. The van der Waals surface area contributed by atoms with E-state index in [2.05, 4.69) is 18.3 Å². The fourth-order valence-electron chi connectivity index (χ4n) is 4.94. The van der Waals surface area contributed by atoms with Crippen LogP contribution in [0.4, 0.5) is 5.69 Å². The van der Waals surface area contributed by atoms with Crippen molar-refractivity contribution in [3.63, 3.8) is 0 Å². The van der Waals surface area contributed by atoms with E-state index in [1.165, 1.54) is 28.5 Å². The van der Waals surface area contributed by atoms with Crippen molar-refractivity contribution in [3.8, 4) is 6.07 Å². The van der Waals surface area contributed by atoms with Crippen LogP contribution in [-0.2, 0) is 11.8 Å². The van der Waals surface area contributed by atoms with Crippen molar-refractivity contribution in [2.24, 2.45) is 0 Å². The monoisotopic (exact) mass is 418 g/mol. The Morgan fingerprint density at radius 3 is 2.61 bits per heavy atom. The van der Waals surface area contributed by atoms with E-state index in [1.807, 2.05) is 50.2 Å². The number of carbonyl (C=O) groups is 1. The van der Waals surface area contributed by atoms with Gasteiger partial charge in [-0.2, -0.15) is 5.26 Å². The van der Waals surface area contributed by atoms with Crippen LogP contribution >= 0.6 is 0 Å². The molecule has 2 aromatic rings. The molecule has 0 bridgehead atoms. The molecule has 2 aromatic carbocycles. The van der Waals surface area contributed by atoms with E-state index in [9.17, 15) is 4.79 Å². The molecule has 1 unspecified atom stereocenters. The molecule has 0 saturated heterocycles. The van der Waals surface area contributed by atoms with E-state index < -0.39 is 0 Å². The maximum atomic E-state index is 12.1. The summed E-state index contributed by atoms with van der Waals surface area (Å²) in [6, 6.07) is 13.7. The van der Waals surface area contributed by atoms with Gasteiger partial charge in [-0.05, 0) is 66.1 Å². The van der Waals surface area contributed by atoms with Gasteiger partial charge in [0.1, 0.15) is 6.54 Å². The summed E-state index contributed by atoms with van der Waals surface area (Å²) in [5, 5.41) is 19.1. The number of carbonyl (C=O) groups excluding carboxylic acids is 1. The van der Waals surface area contributed by atoms with Gasteiger partial charge in [0, 0.05) is 31.3 Å². The second-order valence-corrected chi connectivity index (χ2v) is 7.98. The van der Waals surface area contributed by atoms with Gasteiger partial charge in [-0.25, -0.2) is 0 Å². The minimum absolute atomic E-state index is 0. The number of nitrogens with two attached hydrogens (primary N) is 1. The maximum Gasteiger partial charge on any atom is 0.252 e. The third-order valence-corrected chi connectivity index (χ3v) is 6.35. The predicted octanol–water partition coefficient (Wildman–Crippen LogP) is 5.49. The molecule has 0 aliphatic heterocycles. The van der Waals surface area contributed by atoms with Crippen molar-refractivity contribution in [1.29, 1.82) is 10.7 Å². The van der Waals surface area contributed by atoms with Crippen LogP contribution in [0, 0.1) is 16.7 Å². The summed E-state index contributed by atoms with van der Waals surface area (Å²) in [6.45, 7) is 6.28. The Hall–Kier alpha value is -3.39. The molecule has 2 aliphatic rings. The number of nitrogens with zero attached hydrogens (tertiary/aromatic N) is 1. The van der Waals surface area contributed by atoms with E-state index >= 15 is 0 Å². The van der Waals surface area contributed by atoms with Crippen molar-refractivity contribution in [3.05, 3.63) is 69.8 Å². The third-order valence-electron chi connectivity index (χ3n) is 6.35. The first kappa shape index (κ1) is 22.3. The van der Waals surface area contributed by atoms with Crippen molar-refractivity contribution in [2.75, 3.05) is 12.3 Å². The molecule has 0 radical (unpaired) electrons. The molecular weight excluding hydrogens is 384 g/mol. The second-order valence-electron chi connectivity index (χ2n) is 7.98. The van der Waals surface area contributed by atoms with E-state index in [4.69, 9.17) is 16.4 Å². The predicted molar refractivity (Wildman–Crippen MR) is 131 cm³/mol. The topological polar surface area (TPSA) is 103 Å². The van der Waals surface area contributed by atoms with Crippen LogP contribution in [0.2, 0.25) is 0 Å². The number of amides is 1. The molecule has 1 amide bonds. The van der Waals surface area contributed by atoms with Gasteiger partial charge in [-0.1, -0.05) is 44.5 Å². The van der Waals surface area contributed by atoms with Gasteiger partial charge in [0.15, 0.2) is 0 Å². The summed E-state index contributed by atoms with van der Waals surface area (Å²) in [7, 11) is 0. The number of fused-ring (bicyclic) bond motifs is 2. The average molecular weight is 419 g/mol. The molecule has 0 heterocycles. The first-order valence-electron chi connectivity index (χ1n) is 10.9. The van der Waals surface area contributed by atoms with Crippen LogP contribution < -0.4 is 11.1 Å². The van der Waals surface area contributed by atoms with Gasteiger partial charge >= 0.3 is 0 Å². The highest BCUT2D eigenvalue weighted by Crippen LogP contribution is 2.52. The number of hydrogen-bond donors (Lipinski definition) is 3. The highest BCUT2D eigenvalue weighted by atomic mass is 16.1. The number of hydrogen-bond acceptors (Lipinski definition) is 4. The number of allylic oxidation sites excluding steroid dienone is 2. The lowest BCUT2D eigenvalue weighted by Crippen LogP contribution is -2.31. The minimum Gasteiger partial charge on any atom is -0.398 e. The molecule has 164 valence electrons. The van der Waals surface area contributed by atoms with E-state index in [0.717, 1.165) is 36.8 Å². The SMILES string of the molecule is CC.CC1(c2ccc(C(=O)NCC#N)cc2)Cc2ccc(N)c(C=N)c2C2=C1CCC2.[HH].[HH]. The average Bonchev–Trinajstić information content (AvgIpc) is 3.30. The summed E-state index contributed by atoms with van der Waals surface area (Å²) in [6.07, 6.45) is 5.40. The molecular formula is C26H34N4O. The fourth-order valence-corrected chi connectivity index (χ4v) is 4.94. The van der Waals surface area contributed by atoms with Gasteiger partial charge in [0.25, 0.3) is 5.91 Å². The molecule has 0 spiro atoms. The van der Waals surface area contributed by atoms with Crippen molar-refractivity contribution < 1.29 is 7.65 Å². The lowest BCUT2D eigenvalue weighted by atomic mass is 9.65. The molecule has 0 saturated carbocycles. The Morgan fingerprint density at radius 1 is 1.26 bits per heavy atom. The van der Waals surface area contributed by atoms with E-state index in [0.29, 0.717) is 11.3 Å². The molecule has 5 nitrogen and oxygen atoms in total. The highest BCUT2D eigenvalue weighted by molar-refractivity contribution is 5.96. The van der Waals surface area contributed by atoms with Crippen LogP contribution in [-0.4, -0.2) is 18.7 Å².